The first-order valence-electron chi connectivity index (χ1n) is 8.68. The fourth-order valence-electron chi connectivity index (χ4n) is 2.32. The van der Waals surface area contributed by atoms with Crippen molar-refractivity contribution in [1.29, 1.82) is 0 Å². The Morgan fingerprint density at radius 1 is 0.960 bits per heavy atom. The first kappa shape index (κ1) is 23.4. The Morgan fingerprint density at radius 2 is 1.52 bits per heavy atom. The monoisotopic (exact) mass is 369 g/mol. The lowest BCUT2D eigenvalue weighted by molar-refractivity contribution is -0.122. The predicted molar refractivity (Wildman–Crippen MR) is 105 cm³/mol. The third kappa shape index (κ3) is 9.46. The summed E-state index contributed by atoms with van der Waals surface area (Å²) >= 11 is 0. The molecule has 2 amide bonds. The van der Waals surface area contributed by atoms with Crippen LogP contribution in [0.5, 0.6) is 0 Å². The number of nitrogens with two attached hydrogens (primary N) is 1. The van der Waals surface area contributed by atoms with Gasteiger partial charge in [-0.25, -0.2) is 0 Å². The number of rotatable bonds is 9. The quantitative estimate of drug-likeness (QED) is 0.625. The normalized spacial score (nSPS) is 11.8. The molecule has 0 heterocycles. The van der Waals surface area contributed by atoms with Crippen molar-refractivity contribution in [1.82, 2.24) is 10.6 Å². The van der Waals surface area contributed by atoms with E-state index in [1.165, 1.54) is 5.56 Å². The molecule has 0 bridgehead atoms. The maximum atomic E-state index is 11.8. The van der Waals surface area contributed by atoms with Gasteiger partial charge in [-0.05, 0) is 23.0 Å². The summed E-state index contributed by atoms with van der Waals surface area (Å²) in [5.74, 6) is 0.689. The van der Waals surface area contributed by atoms with Crippen molar-refractivity contribution in [2.45, 2.75) is 52.5 Å². The van der Waals surface area contributed by atoms with Crippen LogP contribution in [0.25, 0.3) is 0 Å². The zero-order chi connectivity index (χ0) is 18.1. The summed E-state index contributed by atoms with van der Waals surface area (Å²) < 4.78 is 0. The second-order valence-electron chi connectivity index (χ2n) is 6.93. The van der Waals surface area contributed by atoms with Crippen LogP contribution in [-0.2, 0) is 9.59 Å². The molecule has 1 unspecified atom stereocenters. The van der Waals surface area contributed by atoms with Gasteiger partial charge in [0.15, 0.2) is 0 Å². The molecule has 0 spiro atoms. The van der Waals surface area contributed by atoms with Crippen molar-refractivity contribution >= 4 is 24.2 Å². The molecule has 1 atom stereocenters. The number of benzene rings is 1. The van der Waals surface area contributed by atoms with Gasteiger partial charge in [-0.15, -0.1) is 12.4 Å². The van der Waals surface area contributed by atoms with E-state index < -0.39 is 0 Å². The summed E-state index contributed by atoms with van der Waals surface area (Å²) in [6, 6.07) is 7.94. The van der Waals surface area contributed by atoms with Crippen LogP contribution in [0, 0.1) is 5.92 Å². The van der Waals surface area contributed by atoms with Gasteiger partial charge in [0, 0.05) is 32.0 Å². The summed E-state index contributed by atoms with van der Waals surface area (Å²) in [5, 5.41) is 5.57. The fourth-order valence-corrected chi connectivity index (χ4v) is 2.32. The van der Waals surface area contributed by atoms with Gasteiger partial charge >= 0.3 is 0 Å². The van der Waals surface area contributed by atoms with E-state index in [2.05, 4.69) is 36.6 Å². The van der Waals surface area contributed by atoms with Crippen LogP contribution in [0.3, 0.4) is 0 Å². The summed E-state index contributed by atoms with van der Waals surface area (Å²) in [6.45, 7) is 9.02. The fraction of sp³-hybridized carbons (Fsp3) is 0.579. The van der Waals surface area contributed by atoms with E-state index in [4.69, 9.17) is 5.73 Å². The molecule has 1 aromatic rings. The molecule has 0 aliphatic rings. The van der Waals surface area contributed by atoms with Crippen molar-refractivity contribution < 1.29 is 9.59 Å². The third-order valence-electron chi connectivity index (χ3n) is 3.82. The molecule has 5 nitrogen and oxygen atoms in total. The number of nitrogens with one attached hydrogen (secondary N) is 2. The second kappa shape index (κ2) is 11.9. The van der Waals surface area contributed by atoms with Crippen molar-refractivity contribution in [3.8, 4) is 0 Å². The highest BCUT2D eigenvalue weighted by Gasteiger charge is 2.10. The molecule has 0 aromatic heterocycles. The molecule has 0 aliphatic heterocycles. The first-order valence-corrected chi connectivity index (χ1v) is 8.68. The SMILES string of the molecule is CC(C)CC(=O)NCCC(=O)NCC(N)c1ccc(C(C)C)cc1.Cl. The minimum atomic E-state index is -0.231. The van der Waals surface area contributed by atoms with Gasteiger partial charge in [0.25, 0.3) is 0 Å². The lowest BCUT2D eigenvalue weighted by atomic mass is 9.99. The number of hydrogen-bond acceptors (Lipinski definition) is 3. The summed E-state index contributed by atoms with van der Waals surface area (Å²) in [6.07, 6.45) is 0.752. The Hall–Kier alpha value is -1.59. The van der Waals surface area contributed by atoms with E-state index >= 15 is 0 Å². The molecular formula is C19H32ClN3O2. The van der Waals surface area contributed by atoms with Gasteiger partial charge in [-0.1, -0.05) is 52.0 Å². The summed E-state index contributed by atoms with van der Waals surface area (Å²) in [7, 11) is 0. The zero-order valence-corrected chi connectivity index (χ0v) is 16.5. The van der Waals surface area contributed by atoms with Crippen molar-refractivity contribution in [3.63, 3.8) is 0 Å². The number of hydrogen-bond donors (Lipinski definition) is 3. The van der Waals surface area contributed by atoms with Crippen molar-refractivity contribution in [2.75, 3.05) is 13.1 Å². The average Bonchev–Trinajstić information content (AvgIpc) is 2.52. The van der Waals surface area contributed by atoms with Crippen LogP contribution in [-0.4, -0.2) is 24.9 Å². The van der Waals surface area contributed by atoms with Gasteiger partial charge in [-0.3, -0.25) is 9.59 Å². The first-order chi connectivity index (χ1) is 11.3. The molecule has 0 fully saturated rings. The lowest BCUT2D eigenvalue weighted by Gasteiger charge is -2.15. The molecule has 0 saturated heterocycles. The Balaban J connectivity index is 0.00000576. The maximum absolute atomic E-state index is 11.8. The molecule has 1 rings (SSSR count). The Labute approximate surface area is 157 Å². The molecular weight excluding hydrogens is 338 g/mol. The van der Waals surface area contributed by atoms with Crippen LogP contribution in [0.4, 0.5) is 0 Å². The number of carbonyl (C=O) groups is 2. The largest absolute Gasteiger partial charge is 0.356 e. The predicted octanol–water partition coefficient (Wildman–Crippen LogP) is 2.90. The lowest BCUT2D eigenvalue weighted by Crippen LogP contribution is -2.34. The summed E-state index contributed by atoms with van der Waals surface area (Å²) in [5.41, 5.74) is 8.39. The highest BCUT2D eigenvalue weighted by molar-refractivity contribution is 5.85. The molecule has 4 N–H and O–H groups in total. The maximum Gasteiger partial charge on any atom is 0.221 e. The van der Waals surface area contributed by atoms with E-state index in [0.717, 1.165) is 5.56 Å². The van der Waals surface area contributed by atoms with E-state index in [1.807, 2.05) is 26.0 Å². The van der Waals surface area contributed by atoms with Crippen LogP contribution >= 0.6 is 12.4 Å². The minimum Gasteiger partial charge on any atom is -0.356 e. The topological polar surface area (TPSA) is 84.2 Å². The molecule has 1 aromatic carbocycles. The van der Waals surface area contributed by atoms with Crippen LogP contribution in [0.2, 0.25) is 0 Å². The van der Waals surface area contributed by atoms with E-state index in [-0.39, 0.29) is 36.7 Å². The molecule has 0 saturated carbocycles. The number of carbonyl (C=O) groups excluding carboxylic acids is 2. The van der Waals surface area contributed by atoms with E-state index in [9.17, 15) is 9.59 Å². The highest BCUT2D eigenvalue weighted by atomic mass is 35.5. The molecule has 142 valence electrons. The summed E-state index contributed by atoms with van der Waals surface area (Å²) in [4.78, 5) is 23.3. The van der Waals surface area contributed by atoms with Crippen LogP contribution in [0.15, 0.2) is 24.3 Å². The van der Waals surface area contributed by atoms with Crippen molar-refractivity contribution in [3.05, 3.63) is 35.4 Å². The van der Waals surface area contributed by atoms with Gasteiger partial charge < -0.3 is 16.4 Å². The van der Waals surface area contributed by atoms with Gasteiger partial charge in [0.1, 0.15) is 0 Å². The van der Waals surface area contributed by atoms with E-state index in [1.54, 1.807) is 0 Å². The molecule has 6 heteroatoms. The van der Waals surface area contributed by atoms with Crippen molar-refractivity contribution in [2.24, 2.45) is 11.7 Å². The zero-order valence-electron chi connectivity index (χ0n) is 15.7. The van der Waals surface area contributed by atoms with Crippen LogP contribution < -0.4 is 16.4 Å². The highest BCUT2D eigenvalue weighted by Crippen LogP contribution is 2.17. The standard InChI is InChI=1S/C19H31N3O2.ClH/c1-13(2)11-19(24)21-10-9-18(23)22-12-17(20)16-7-5-15(6-8-16)14(3)4;/h5-8,13-14,17H,9-12,20H2,1-4H3,(H,21,24)(H,22,23);1H. The van der Waals surface area contributed by atoms with Gasteiger partial charge in [-0.2, -0.15) is 0 Å². The molecule has 25 heavy (non-hydrogen) atoms. The number of halogens is 1. The molecule has 0 radical (unpaired) electrons. The van der Waals surface area contributed by atoms with Gasteiger partial charge in [0.2, 0.25) is 11.8 Å². The van der Waals surface area contributed by atoms with Gasteiger partial charge in [0.05, 0.1) is 0 Å². The Kier molecular flexibility index (Phi) is 11.1. The van der Waals surface area contributed by atoms with Crippen LogP contribution in [0.1, 0.15) is 63.6 Å². The second-order valence-corrected chi connectivity index (χ2v) is 6.93. The average molecular weight is 370 g/mol. The Morgan fingerprint density at radius 3 is 2.04 bits per heavy atom. The Bertz CT molecular complexity index is 530. The smallest absolute Gasteiger partial charge is 0.221 e. The third-order valence-corrected chi connectivity index (χ3v) is 3.82. The minimum absolute atomic E-state index is 0. The number of amides is 2. The van der Waals surface area contributed by atoms with E-state index in [0.29, 0.717) is 31.3 Å². The molecule has 0 aliphatic carbocycles.